The van der Waals surface area contributed by atoms with Crippen molar-refractivity contribution in [3.63, 3.8) is 0 Å². The molecule has 0 N–H and O–H groups in total. The molecule has 1 fully saturated rings. The minimum atomic E-state index is -0.623. The van der Waals surface area contributed by atoms with E-state index in [4.69, 9.17) is 4.74 Å². The Morgan fingerprint density at radius 3 is 2.57 bits per heavy atom. The van der Waals surface area contributed by atoms with Gasteiger partial charge in [0.05, 0.1) is 12.7 Å². The van der Waals surface area contributed by atoms with E-state index >= 15 is 0 Å². The highest BCUT2D eigenvalue weighted by molar-refractivity contribution is 6.20. The average Bonchev–Trinajstić information content (AvgIpc) is 2.87. The molecule has 2 rings (SSSR count). The fourth-order valence-corrected chi connectivity index (χ4v) is 2.17. The molecule has 1 aliphatic heterocycles. The van der Waals surface area contributed by atoms with Crippen molar-refractivity contribution in [2.75, 3.05) is 18.6 Å². The van der Waals surface area contributed by atoms with Gasteiger partial charge in [0, 0.05) is 13.6 Å². The van der Waals surface area contributed by atoms with Gasteiger partial charge in [0.15, 0.2) is 0 Å². The van der Waals surface area contributed by atoms with Crippen molar-refractivity contribution in [2.24, 2.45) is 0 Å². The first kappa shape index (κ1) is 15.4. The molecule has 0 saturated carbocycles. The molecular formula is C13H21N5O3. The van der Waals surface area contributed by atoms with E-state index in [9.17, 15) is 9.59 Å². The summed E-state index contributed by atoms with van der Waals surface area (Å²) in [6.45, 7) is 8.08. The lowest BCUT2D eigenvalue weighted by atomic mass is 10.3. The summed E-state index contributed by atoms with van der Waals surface area (Å²) < 4.78 is 7.02. The first-order valence-electron chi connectivity index (χ1n) is 7.00. The molecule has 1 aromatic rings. The SMILES string of the molecule is CCn1nc(C)nc1N1C(=O)C(COC(C)C)N(C)C1=O. The van der Waals surface area contributed by atoms with Gasteiger partial charge in [-0.05, 0) is 27.7 Å². The summed E-state index contributed by atoms with van der Waals surface area (Å²) in [4.78, 5) is 31.5. The zero-order chi connectivity index (χ0) is 15.7. The Hall–Kier alpha value is -1.96. The summed E-state index contributed by atoms with van der Waals surface area (Å²) in [5.74, 6) is 0.464. The van der Waals surface area contributed by atoms with Gasteiger partial charge in [-0.2, -0.15) is 15.0 Å². The topological polar surface area (TPSA) is 80.6 Å². The van der Waals surface area contributed by atoms with Crippen LogP contribution < -0.4 is 4.90 Å². The number of hydrogen-bond acceptors (Lipinski definition) is 5. The molecule has 1 aromatic heterocycles. The summed E-state index contributed by atoms with van der Waals surface area (Å²) in [5.41, 5.74) is 0. The largest absolute Gasteiger partial charge is 0.376 e. The Balaban J connectivity index is 2.28. The predicted molar refractivity (Wildman–Crippen MR) is 76.0 cm³/mol. The fraction of sp³-hybridized carbons (Fsp3) is 0.692. The van der Waals surface area contributed by atoms with E-state index in [2.05, 4.69) is 10.1 Å². The number of ether oxygens (including phenoxy) is 1. The third kappa shape index (κ3) is 2.76. The number of amides is 3. The Labute approximate surface area is 123 Å². The van der Waals surface area contributed by atoms with Crippen molar-refractivity contribution in [2.45, 2.75) is 46.4 Å². The van der Waals surface area contributed by atoms with Crippen LogP contribution in [0.15, 0.2) is 0 Å². The third-order valence-electron chi connectivity index (χ3n) is 3.31. The van der Waals surface area contributed by atoms with Gasteiger partial charge in [0.25, 0.3) is 5.91 Å². The van der Waals surface area contributed by atoms with Crippen molar-refractivity contribution >= 4 is 17.9 Å². The second-order valence-electron chi connectivity index (χ2n) is 5.24. The van der Waals surface area contributed by atoms with E-state index in [1.165, 1.54) is 4.90 Å². The molecule has 0 radical (unpaired) electrons. The van der Waals surface area contributed by atoms with Crippen LogP contribution in [0.2, 0.25) is 0 Å². The normalized spacial score (nSPS) is 19.2. The molecule has 2 heterocycles. The van der Waals surface area contributed by atoms with Crippen molar-refractivity contribution in [1.29, 1.82) is 0 Å². The number of nitrogens with zero attached hydrogens (tertiary/aromatic N) is 5. The lowest BCUT2D eigenvalue weighted by molar-refractivity contribution is -0.121. The minimum absolute atomic E-state index is 0.00288. The van der Waals surface area contributed by atoms with E-state index in [1.807, 2.05) is 20.8 Å². The number of rotatable bonds is 5. The lowest BCUT2D eigenvalue weighted by Gasteiger charge is -2.17. The van der Waals surface area contributed by atoms with Crippen LogP contribution in [0.5, 0.6) is 0 Å². The van der Waals surface area contributed by atoms with E-state index < -0.39 is 12.1 Å². The third-order valence-corrected chi connectivity index (χ3v) is 3.31. The number of carbonyl (C=O) groups excluding carboxylic acids is 2. The molecule has 21 heavy (non-hydrogen) atoms. The van der Waals surface area contributed by atoms with Crippen molar-refractivity contribution < 1.29 is 14.3 Å². The van der Waals surface area contributed by atoms with Crippen LogP contribution in [0.25, 0.3) is 0 Å². The van der Waals surface area contributed by atoms with Gasteiger partial charge in [-0.15, -0.1) is 0 Å². The van der Waals surface area contributed by atoms with Gasteiger partial charge >= 0.3 is 6.03 Å². The van der Waals surface area contributed by atoms with Crippen LogP contribution in [0.4, 0.5) is 10.7 Å². The smallest absolute Gasteiger partial charge is 0.334 e. The van der Waals surface area contributed by atoms with Gasteiger partial charge < -0.3 is 9.64 Å². The Kier molecular flexibility index (Phi) is 4.26. The minimum Gasteiger partial charge on any atom is -0.376 e. The van der Waals surface area contributed by atoms with Gasteiger partial charge in [-0.1, -0.05) is 0 Å². The maximum Gasteiger partial charge on any atom is 0.334 e. The maximum atomic E-state index is 12.5. The molecular weight excluding hydrogens is 274 g/mol. The molecule has 0 spiro atoms. The number of carbonyl (C=O) groups is 2. The molecule has 0 aliphatic carbocycles. The second kappa shape index (κ2) is 5.80. The number of likely N-dealkylation sites (N-methyl/N-ethyl adjacent to an activating group) is 1. The Morgan fingerprint density at radius 1 is 1.33 bits per heavy atom. The molecule has 0 bridgehead atoms. The zero-order valence-electron chi connectivity index (χ0n) is 13.0. The number of aromatic nitrogens is 3. The lowest BCUT2D eigenvalue weighted by Crippen LogP contribution is -2.36. The predicted octanol–water partition coefficient (Wildman–Crippen LogP) is 0.798. The van der Waals surface area contributed by atoms with Crippen LogP contribution >= 0.6 is 0 Å². The molecule has 8 heteroatoms. The number of imide groups is 1. The summed E-state index contributed by atoms with van der Waals surface area (Å²) in [7, 11) is 1.59. The van der Waals surface area contributed by atoms with Crippen LogP contribution in [0.3, 0.4) is 0 Å². The fourth-order valence-electron chi connectivity index (χ4n) is 2.17. The highest BCUT2D eigenvalue weighted by atomic mass is 16.5. The highest BCUT2D eigenvalue weighted by Crippen LogP contribution is 2.23. The van der Waals surface area contributed by atoms with Crippen molar-refractivity contribution in [1.82, 2.24) is 19.7 Å². The number of urea groups is 1. The molecule has 1 saturated heterocycles. The van der Waals surface area contributed by atoms with E-state index in [0.717, 1.165) is 4.90 Å². The van der Waals surface area contributed by atoms with Crippen LogP contribution in [-0.4, -0.2) is 57.4 Å². The zero-order valence-corrected chi connectivity index (χ0v) is 13.0. The molecule has 0 aromatic carbocycles. The van der Waals surface area contributed by atoms with E-state index in [0.29, 0.717) is 12.4 Å². The second-order valence-corrected chi connectivity index (χ2v) is 5.24. The molecule has 1 aliphatic rings. The number of hydrogen-bond donors (Lipinski definition) is 0. The Bertz CT molecular complexity index is 554. The molecule has 116 valence electrons. The summed E-state index contributed by atoms with van der Waals surface area (Å²) in [6, 6.07) is -1.03. The standard InChI is InChI=1S/C13H21N5O3/c1-6-17-12(14-9(4)15-17)18-11(19)10(7-21-8(2)3)16(5)13(18)20/h8,10H,6-7H2,1-5H3. The summed E-state index contributed by atoms with van der Waals surface area (Å²) >= 11 is 0. The van der Waals surface area contributed by atoms with Crippen molar-refractivity contribution in [3.05, 3.63) is 5.82 Å². The van der Waals surface area contributed by atoms with E-state index in [1.54, 1.807) is 18.7 Å². The maximum absolute atomic E-state index is 12.5. The first-order chi connectivity index (χ1) is 9.86. The van der Waals surface area contributed by atoms with Crippen LogP contribution in [-0.2, 0) is 16.1 Å². The van der Waals surface area contributed by atoms with Gasteiger partial charge in [-0.3, -0.25) is 4.79 Å². The van der Waals surface area contributed by atoms with Crippen LogP contribution in [0, 0.1) is 6.92 Å². The summed E-state index contributed by atoms with van der Waals surface area (Å²) in [5, 5.41) is 4.18. The van der Waals surface area contributed by atoms with Gasteiger partial charge in [-0.25, -0.2) is 9.48 Å². The molecule has 8 nitrogen and oxygen atoms in total. The number of anilines is 1. The van der Waals surface area contributed by atoms with Gasteiger partial charge in [0.2, 0.25) is 5.95 Å². The monoisotopic (exact) mass is 295 g/mol. The summed E-state index contributed by atoms with van der Waals surface area (Å²) in [6.07, 6.45) is -0.00288. The average molecular weight is 295 g/mol. The van der Waals surface area contributed by atoms with E-state index in [-0.39, 0.29) is 24.6 Å². The first-order valence-corrected chi connectivity index (χ1v) is 7.00. The quantitative estimate of drug-likeness (QED) is 0.751. The molecule has 1 unspecified atom stereocenters. The van der Waals surface area contributed by atoms with Crippen LogP contribution in [0.1, 0.15) is 26.6 Å². The Morgan fingerprint density at radius 2 is 2.00 bits per heavy atom. The number of aryl methyl sites for hydroxylation is 2. The molecule has 1 atom stereocenters. The molecule has 3 amide bonds. The van der Waals surface area contributed by atoms with Crippen molar-refractivity contribution in [3.8, 4) is 0 Å². The van der Waals surface area contributed by atoms with Gasteiger partial charge in [0.1, 0.15) is 11.9 Å². The highest BCUT2D eigenvalue weighted by Gasteiger charge is 2.46.